The zero-order valence-electron chi connectivity index (χ0n) is 11.1. The number of amides is 2. The maximum atomic E-state index is 11.6. The average molecular weight is 281 g/mol. The molecule has 0 saturated heterocycles. The molecule has 19 heavy (non-hydrogen) atoms. The summed E-state index contributed by atoms with van der Waals surface area (Å²) in [5.41, 5.74) is 0.873. The Morgan fingerprint density at radius 1 is 1.21 bits per heavy atom. The van der Waals surface area contributed by atoms with Crippen molar-refractivity contribution in [3.63, 3.8) is 0 Å². The van der Waals surface area contributed by atoms with Crippen LogP contribution in [0.15, 0.2) is 30.3 Å². The number of thioether (sulfide) groups is 1. The van der Waals surface area contributed by atoms with E-state index in [0.717, 1.165) is 5.56 Å². The molecule has 2 N–H and O–H groups in total. The number of carbonyl (C=O) groups excluding carboxylic acids is 2. The van der Waals surface area contributed by atoms with Gasteiger partial charge in [-0.1, -0.05) is 37.3 Å². The van der Waals surface area contributed by atoms with Gasteiger partial charge in [0.05, 0.1) is 18.3 Å². The van der Waals surface area contributed by atoms with E-state index in [1.54, 1.807) is 6.92 Å². The molecule has 0 fully saturated rings. The van der Waals surface area contributed by atoms with Crippen LogP contribution in [0.1, 0.15) is 19.4 Å². The lowest BCUT2D eigenvalue weighted by atomic mass is 10.1. The number of aliphatic hydroxyl groups excluding tert-OH is 1. The van der Waals surface area contributed by atoms with Gasteiger partial charge in [0.15, 0.2) is 0 Å². The number of hydrogen-bond donors (Lipinski definition) is 2. The molecule has 0 aliphatic rings. The van der Waals surface area contributed by atoms with Crippen LogP contribution in [0.5, 0.6) is 0 Å². The quantitative estimate of drug-likeness (QED) is 0.826. The highest BCUT2D eigenvalue weighted by atomic mass is 32.2. The summed E-state index contributed by atoms with van der Waals surface area (Å²) in [4.78, 5) is 23.1. The maximum absolute atomic E-state index is 11.6. The molecular formula is C14H19NO3S. The Balaban J connectivity index is 2.30. The fraction of sp³-hybridized carbons (Fsp3) is 0.429. The van der Waals surface area contributed by atoms with E-state index in [4.69, 9.17) is 0 Å². The van der Waals surface area contributed by atoms with Crippen LogP contribution in [-0.4, -0.2) is 34.0 Å². The zero-order valence-corrected chi connectivity index (χ0v) is 11.9. The minimum Gasteiger partial charge on any atom is -0.392 e. The standard InChI is InChI=1S/C14H19NO3S/c1-10(16)11(2)19-9-14(18)15-13(17)8-12-6-4-3-5-7-12/h3-7,10-11,16H,8-9H2,1-2H3,(H,15,17,18). The van der Waals surface area contributed by atoms with E-state index in [1.165, 1.54) is 11.8 Å². The van der Waals surface area contributed by atoms with Crippen molar-refractivity contribution in [3.05, 3.63) is 35.9 Å². The van der Waals surface area contributed by atoms with E-state index >= 15 is 0 Å². The summed E-state index contributed by atoms with van der Waals surface area (Å²) in [6, 6.07) is 9.26. The lowest BCUT2D eigenvalue weighted by molar-refractivity contribution is -0.128. The minimum absolute atomic E-state index is 0.0324. The lowest BCUT2D eigenvalue weighted by Crippen LogP contribution is -2.33. The predicted octanol–water partition coefficient (Wildman–Crippen LogP) is 1.37. The summed E-state index contributed by atoms with van der Waals surface area (Å²) < 4.78 is 0. The predicted molar refractivity (Wildman–Crippen MR) is 76.9 cm³/mol. The van der Waals surface area contributed by atoms with E-state index in [-0.39, 0.29) is 29.2 Å². The van der Waals surface area contributed by atoms with Gasteiger partial charge in [-0.15, -0.1) is 11.8 Å². The van der Waals surface area contributed by atoms with Crippen LogP contribution in [0.3, 0.4) is 0 Å². The number of imide groups is 1. The largest absolute Gasteiger partial charge is 0.392 e. The van der Waals surface area contributed by atoms with Gasteiger partial charge < -0.3 is 5.11 Å². The topological polar surface area (TPSA) is 66.4 Å². The SMILES string of the molecule is CC(O)C(C)SCC(=O)NC(=O)Cc1ccccc1. The smallest absolute Gasteiger partial charge is 0.236 e. The van der Waals surface area contributed by atoms with Gasteiger partial charge in [-0.3, -0.25) is 14.9 Å². The van der Waals surface area contributed by atoms with Crippen molar-refractivity contribution >= 4 is 23.6 Å². The van der Waals surface area contributed by atoms with Crippen LogP contribution < -0.4 is 5.32 Å². The summed E-state index contributed by atoms with van der Waals surface area (Å²) >= 11 is 1.33. The monoisotopic (exact) mass is 281 g/mol. The molecule has 1 aromatic carbocycles. The molecule has 104 valence electrons. The van der Waals surface area contributed by atoms with Gasteiger partial charge in [0, 0.05) is 5.25 Å². The van der Waals surface area contributed by atoms with Crippen LogP contribution in [0.4, 0.5) is 0 Å². The molecular weight excluding hydrogens is 262 g/mol. The highest BCUT2D eigenvalue weighted by Crippen LogP contribution is 2.13. The Morgan fingerprint density at radius 2 is 1.84 bits per heavy atom. The third-order valence-electron chi connectivity index (χ3n) is 2.64. The Labute approximate surface area is 117 Å². The third kappa shape index (κ3) is 6.40. The molecule has 2 unspecified atom stereocenters. The first-order valence-electron chi connectivity index (χ1n) is 6.15. The highest BCUT2D eigenvalue weighted by Gasteiger charge is 2.13. The molecule has 0 aliphatic carbocycles. The number of hydrogen-bond acceptors (Lipinski definition) is 4. The number of benzene rings is 1. The molecule has 5 heteroatoms. The van der Waals surface area contributed by atoms with Gasteiger partial charge >= 0.3 is 0 Å². The van der Waals surface area contributed by atoms with Crippen LogP contribution in [0.2, 0.25) is 0 Å². The first-order valence-corrected chi connectivity index (χ1v) is 7.20. The summed E-state index contributed by atoms with van der Waals surface area (Å²) in [5.74, 6) is -0.452. The summed E-state index contributed by atoms with van der Waals surface area (Å²) in [5, 5.41) is 11.6. The summed E-state index contributed by atoms with van der Waals surface area (Å²) in [6.07, 6.45) is -0.277. The van der Waals surface area contributed by atoms with Gasteiger partial charge in [-0.25, -0.2) is 0 Å². The second-order valence-corrected chi connectivity index (χ2v) is 5.76. The fourth-order valence-corrected chi connectivity index (χ4v) is 2.13. The Hall–Kier alpha value is -1.33. The van der Waals surface area contributed by atoms with Crippen molar-refractivity contribution in [2.75, 3.05) is 5.75 Å². The number of nitrogens with one attached hydrogen (secondary N) is 1. The van der Waals surface area contributed by atoms with Crippen LogP contribution in [-0.2, 0) is 16.0 Å². The third-order valence-corrected chi connectivity index (χ3v) is 3.99. The van der Waals surface area contributed by atoms with E-state index in [2.05, 4.69) is 5.32 Å². The van der Waals surface area contributed by atoms with E-state index < -0.39 is 6.10 Å². The maximum Gasteiger partial charge on any atom is 0.236 e. The molecule has 2 amide bonds. The second kappa shape index (κ2) is 7.96. The fourth-order valence-electron chi connectivity index (χ4n) is 1.36. The first-order chi connectivity index (χ1) is 8.99. The molecule has 0 bridgehead atoms. The summed E-state index contributed by atoms with van der Waals surface area (Å²) in [6.45, 7) is 3.52. The number of aliphatic hydroxyl groups is 1. The van der Waals surface area contributed by atoms with Crippen LogP contribution in [0, 0.1) is 0 Å². The van der Waals surface area contributed by atoms with Gasteiger partial charge in [0.25, 0.3) is 0 Å². The van der Waals surface area contributed by atoms with Gasteiger partial charge in [-0.2, -0.15) is 0 Å². The second-order valence-electron chi connectivity index (χ2n) is 4.39. The van der Waals surface area contributed by atoms with E-state index in [9.17, 15) is 14.7 Å². The lowest BCUT2D eigenvalue weighted by Gasteiger charge is -2.13. The van der Waals surface area contributed by atoms with Crippen molar-refractivity contribution in [2.24, 2.45) is 0 Å². The molecule has 0 aromatic heterocycles. The first kappa shape index (κ1) is 15.7. The Morgan fingerprint density at radius 3 is 2.42 bits per heavy atom. The molecule has 1 aromatic rings. The molecule has 0 spiro atoms. The van der Waals surface area contributed by atoms with Crippen molar-refractivity contribution in [1.29, 1.82) is 0 Å². The van der Waals surface area contributed by atoms with E-state index in [1.807, 2.05) is 37.3 Å². The molecule has 2 atom stereocenters. The molecule has 4 nitrogen and oxygen atoms in total. The normalized spacial score (nSPS) is 13.6. The van der Waals surface area contributed by atoms with Crippen molar-refractivity contribution in [3.8, 4) is 0 Å². The molecule has 0 radical (unpaired) electrons. The van der Waals surface area contributed by atoms with Gasteiger partial charge in [0.1, 0.15) is 0 Å². The highest BCUT2D eigenvalue weighted by molar-refractivity contribution is 8.00. The minimum atomic E-state index is -0.474. The van der Waals surface area contributed by atoms with Crippen molar-refractivity contribution < 1.29 is 14.7 Å². The van der Waals surface area contributed by atoms with Crippen molar-refractivity contribution in [2.45, 2.75) is 31.6 Å². The number of rotatable bonds is 6. The zero-order chi connectivity index (χ0) is 14.3. The van der Waals surface area contributed by atoms with Crippen LogP contribution >= 0.6 is 11.8 Å². The summed E-state index contributed by atoms with van der Waals surface area (Å²) in [7, 11) is 0. The Kier molecular flexibility index (Phi) is 6.59. The van der Waals surface area contributed by atoms with Crippen molar-refractivity contribution in [1.82, 2.24) is 5.32 Å². The molecule has 0 saturated carbocycles. The van der Waals surface area contributed by atoms with Gasteiger partial charge in [0.2, 0.25) is 11.8 Å². The van der Waals surface area contributed by atoms with Crippen LogP contribution in [0.25, 0.3) is 0 Å². The Bertz CT molecular complexity index is 420. The molecule has 1 rings (SSSR count). The molecule has 0 heterocycles. The molecule has 0 aliphatic heterocycles. The van der Waals surface area contributed by atoms with Gasteiger partial charge in [-0.05, 0) is 12.5 Å². The van der Waals surface area contributed by atoms with E-state index in [0.29, 0.717) is 0 Å². The average Bonchev–Trinajstić information content (AvgIpc) is 2.36. The number of carbonyl (C=O) groups is 2.